The highest BCUT2D eigenvalue weighted by molar-refractivity contribution is 7.92. The Morgan fingerprint density at radius 3 is 2.35 bits per heavy atom. The van der Waals surface area contributed by atoms with Gasteiger partial charge in [0.05, 0.1) is 21.6 Å². The topological polar surface area (TPSA) is 104 Å². The van der Waals surface area contributed by atoms with Gasteiger partial charge in [0, 0.05) is 18.7 Å². The third kappa shape index (κ3) is 6.94. The zero-order chi connectivity index (χ0) is 24.7. The number of rotatable bonds is 8. The van der Waals surface area contributed by atoms with Gasteiger partial charge in [0.1, 0.15) is 0 Å². The van der Waals surface area contributed by atoms with Crippen molar-refractivity contribution >= 4 is 50.9 Å². The average Bonchev–Trinajstić information content (AvgIpc) is 2.79. The van der Waals surface area contributed by atoms with Crippen LogP contribution in [0.3, 0.4) is 0 Å². The molecule has 3 N–H and O–H groups in total. The van der Waals surface area contributed by atoms with E-state index in [9.17, 15) is 18.0 Å². The fourth-order valence-corrected chi connectivity index (χ4v) is 4.43. The molecule has 0 heterocycles. The van der Waals surface area contributed by atoms with E-state index in [1.807, 2.05) is 13.0 Å². The van der Waals surface area contributed by atoms with Gasteiger partial charge < -0.3 is 10.6 Å². The van der Waals surface area contributed by atoms with E-state index in [0.29, 0.717) is 22.0 Å². The predicted octanol–water partition coefficient (Wildman–Crippen LogP) is 4.99. The Morgan fingerprint density at radius 1 is 0.971 bits per heavy atom. The van der Waals surface area contributed by atoms with Crippen molar-refractivity contribution < 1.29 is 18.0 Å². The summed E-state index contributed by atoms with van der Waals surface area (Å²) in [5.41, 5.74) is 2.45. The number of amides is 2. The van der Waals surface area contributed by atoms with Gasteiger partial charge in [-0.3, -0.25) is 14.3 Å². The molecule has 7 nitrogen and oxygen atoms in total. The van der Waals surface area contributed by atoms with Crippen molar-refractivity contribution in [3.8, 4) is 0 Å². The second-order valence-electron chi connectivity index (χ2n) is 7.52. The highest BCUT2D eigenvalue weighted by Gasteiger charge is 2.15. The summed E-state index contributed by atoms with van der Waals surface area (Å²) in [6.45, 7) is 3.27. The van der Waals surface area contributed by atoms with Crippen LogP contribution in [0.15, 0.2) is 83.8 Å². The maximum Gasteiger partial charge on any atom is 0.261 e. The van der Waals surface area contributed by atoms with Crippen molar-refractivity contribution in [3.05, 3.63) is 95.0 Å². The Kier molecular flexibility index (Phi) is 8.09. The van der Waals surface area contributed by atoms with Crippen molar-refractivity contribution in [1.82, 2.24) is 5.32 Å². The second kappa shape index (κ2) is 11.0. The third-order valence-electron chi connectivity index (χ3n) is 4.80. The summed E-state index contributed by atoms with van der Waals surface area (Å²) < 4.78 is 27.6. The molecule has 3 aromatic carbocycles. The third-order valence-corrected chi connectivity index (χ3v) is 6.51. The number of sulfonamides is 1. The molecule has 3 aromatic rings. The molecular weight excluding hydrogens is 474 g/mol. The average molecular weight is 498 g/mol. The fourth-order valence-electron chi connectivity index (χ4n) is 3.11. The predicted molar refractivity (Wildman–Crippen MR) is 135 cm³/mol. The molecule has 0 spiro atoms. The Labute approximate surface area is 203 Å². The number of benzene rings is 3. The largest absolute Gasteiger partial charge is 0.346 e. The number of hydrogen-bond acceptors (Lipinski definition) is 4. The van der Waals surface area contributed by atoms with Crippen molar-refractivity contribution in [2.45, 2.75) is 24.8 Å². The molecule has 0 fully saturated rings. The van der Waals surface area contributed by atoms with Crippen molar-refractivity contribution in [3.63, 3.8) is 0 Å². The molecule has 1 atom stereocenters. The van der Waals surface area contributed by atoms with Gasteiger partial charge >= 0.3 is 0 Å². The number of carbonyl (C=O) groups is 2. The van der Waals surface area contributed by atoms with Crippen LogP contribution >= 0.6 is 11.6 Å². The van der Waals surface area contributed by atoms with Crippen LogP contribution in [0.25, 0.3) is 6.08 Å². The van der Waals surface area contributed by atoms with Crippen LogP contribution in [0, 0.1) is 0 Å². The molecule has 1 unspecified atom stereocenters. The standard InChI is InChI=1S/C25H24ClN3O4S/c1-17(20-6-5-7-21(16-20)28-18(2)30)27-25(31)15-12-19-10-13-22(14-11-19)34(32,33)29-24-9-4-3-8-23(24)26/h3-17,29H,1-2H3,(H,27,31)(H,28,30)/b15-12+. The zero-order valence-electron chi connectivity index (χ0n) is 18.6. The van der Waals surface area contributed by atoms with Crippen molar-refractivity contribution in [2.75, 3.05) is 10.0 Å². The Morgan fingerprint density at radius 2 is 1.68 bits per heavy atom. The molecule has 0 saturated carbocycles. The van der Waals surface area contributed by atoms with Crippen LogP contribution in [0.4, 0.5) is 11.4 Å². The number of para-hydroxylation sites is 1. The summed E-state index contributed by atoms with van der Waals surface area (Å²) in [6, 6.07) is 19.6. The zero-order valence-corrected chi connectivity index (χ0v) is 20.2. The molecule has 0 aliphatic heterocycles. The van der Waals surface area contributed by atoms with Gasteiger partial charge in [0.2, 0.25) is 11.8 Å². The summed E-state index contributed by atoms with van der Waals surface area (Å²) in [5, 5.41) is 5.87. The van der Waals surface area contributed by atoms with Crippen molar-refractivity contribution in [1.29, 1.82) is 0 Å². The molecule has 176 valence electrons. The van der Waals surface area contributed by atoms with Gasteiger partial charge in [-0.2, -0.15) is 0 Å². The lowest BCUT2D eigenvalue weighted by Crippen LogP contribution is -2.24. The fraction of sp³-hybridized carbons (Fsp3) is 0.120. The highest BCUT2D eigenvalue weighted by Crippen LogP contribution is 2.24. The van der Waals surface area contributed by atoms with E-state index in [4.69, 9.17) is 11.6 Å². The minimum atomic E-state index is -3.81. The van der Waals surface area contributed by atoms with Gasteiger partial charge in [0.15, 0.2) is 0 Å². The van der Waals surface area contributed by atoms with Crippen LogP contribution in [-0.4, -0.2) is 20.2 Å². The lowest BCUT2D eigenvalue weighted by atomic mass is 10.1. The van der Waals surface area contributed by atoms with Gasteiger partial charge in [-0.05, 0) is 60.5 Å². The molecule has 2 amide bonds. The first-order valence-electron chi connectivity index (χ1n) is 10.4. The molecule has 0 aliphatic rings. The lowest BCUT2D eigenvalue weighted by Gasteiger charge is -2.14. The SMILES string of the molecule is CC(=O)Nc1cccc(C(C)NC(=O)/C=C/c2ccc(S(=O)(=O)Nc3ccccc3Cl)cc2)c1. The summed E-state index contributed by atoms with van der Waals surface area (Å²) in [4.78, 5) is 23.6. The van der Waals surface area contributed by atoms with Gasteiger partial charge in [-0.25, -0.2) is 8.42 Å². The van der Waals surface area contributed by atoms with Crippen LogP contribution in [0.1, 0.15) is 31.0 Å². The molecule has 34 heavy (non-hydrogen) atoms. The maximum atomic E-state index is 12.6. The molecule has 3 rings (SSSR count). The smallest absolute Gasteiger partial charge is 0.261 e. The van der Waals surface area contributed by atoms with E-state index >= 15 is 0 Å². The van der Waals surface area contributed by atoms with E-state index < -0.39 is 10.0 Å². The van der Waals surface area contributed by atoms with Gasteiger partial charge in [0.25, 0.3) is 10.0 Å². The Balaban J connectivity index is 1.62. The summed E-state index contributed by atoms with van der Waals surface area (Å²) >= 11 is 6.03. The van der Waals surface area contributed by atoms with Crippen LogP contribution in [0.5, 0.6) is 0 Å². The molecule has 0 bridgehead atoms. The summed E-state index contributed by atoms with van der Waals surface area (Å²) in [6.07, 6.45) is 2.97. The van der Waals surface area contributed by atoms with E-state index in [2.05, 4.69) is 15.4 Å². The molecular formula is C25H24ClN3O4S. The van der Waals surface area contributed by atoms with Crippen molar-refractivity contribution in [2.24, 2.45) is 0 Å². The number of anilines is 2. The lowest BCUT2D eigenvalue weighted by molar-refractivity contribution is -0.117. The normalized spacial score (nSPS) is 12.2. The molecule has 9 heteroatoms. The molecule has 0 aromatic heterocycles. The van der Waals surface area contributed by atoms with E-state index in [0.717, 1.165) is 5.56 Å². The maximum absolute atomic E-state index is 12.6. The first kappa shape index (κ1) is 25.0. The molecule has 0 aliphatic carbocycles. The van der Waals surface area contributed by atoms with Gasteiger partial charge in [-0.1, -0.05) is 48.0 Å². The van der Waals surface area contributed by atoms with E-state index in [1.54, 1.807) is 60.7 Å². The summed E-state index contributed by atoms with van der Waals surface area (Å²) in [5.74, 6) is -0.482. The van der Waals surface area contributed by atoms with E-state index in [-0.39, 0.29) is 22.8 Å². The number of hydrogen-bond donors (Lipinski definition) is 3. The van der Waals surface area contributed by atoms with Crippen LogP contribution in [0.2, 0.25) is 5.02 Å². The molecule has 0 saturated heterocycles. The first-order valence-corrected chi connectivity index (χ1v) is 12.2. The number of nitrogens with one attached hydrogen (secondary N) is 3. The Hall–Kier alpha value is -3.62. The minimum absolute atomic E-state index is 0.0710. The number of carbonyl (C=O) groups excluding carboxylic acids is 2. The van der Waals surface area contributed by atoms with Gasteiger partial charge in [-0.15, -0.1) is 0 Å². The van der Waals surface area contributed by atoms with Crippen LogP contribution in [-0.2, 0) is 19.6 Å². The quantitative estimate of drug-likeness (QED) is 0.381. The summed E-state index contributed by atoms with van der Waals surface area (Å²) in [7, 11) is -3.81. The van der Waals surface area contributed by atoms with E-state index in [1.165, 1.54) is 25.1 Å². The Bertz CT molecular complexity index is 1320. The molecule has 0 radical (unpaired) electrons. The van der Waals surface area contributed by atoms with Crippen LogP contribution < -0.4 is 15.4 Å². The monoisotopic (exact) mass is 497 g/mol. The second-order valence-corrected chi connectivity index (χ2v) is 9.61. The first-order chi connectivity index (χ1) is 16.1. The minimum Gasteiger partial charge on any atom is -0.346 e. The number of halogens is 1. The highest BCUT2D eigenvalue weighted by atomic mass is 35.5.